The highest BCUT2D eigenvalue weighted by atomic mass is 16.1. The Bertz CT molecular complexity index is 635. The highest BCUT2D eigenvalue weighted by molar-refractivity contribution is 5.91. The van der Waals surface area contributed by atoms with Gasteiger partial charge in [0.15, 0.2) is 0 Å². The van der Waals surface area contributed by atoms with Gasteiger partial charge in [-0.05, 0) is 44.0 Å². The van der Waals surface area contributed by atoms with Crippen LogP contribution in [0.3, 0.4) is 0 Å². The van der Waals surface area contributed by atoms with Crippen LogP contribution in [0.25, 0.3) is 0 Å². The summed E-state index contributed by atoms with van der Waals surface area (Å²) in [5.74, 6) is 0.0306. The van der Waals surface area contributed by atoms with Crippen LogP contribution in [-0.4, -0.2) is 12.5 Å². The number of amides is 1. The van der Waals surface area contributed by atoms with Crippen molar-refractivity contribution in [3.05, 3.63) is 59.2 Å². The topological polar surface area (TPSA) is 41.1 Å². The van der Waals surface area contributed by atoms with Crippen LogP contribution in [0.15, 0.2) is 42.5 Å². The molecule has 3 heteroatoms. The number of hydrogen-bond acceptors (Lipinski definition) is 2. The van der Waals surface area contributed by atoms with E-state index in [-0.39, 0.29) is 5.91 Å². The standard InChI is InChI=1S/C18H22N2O/c1-13-8-9-17(15(3)12-13)20-18(21)10-11-19-16-7-5-4-6-14(16)2/h4-9,12,19H,10-11H2,1-3H3,(H,20,21). The zero-order valence-electron chi connectivity index (χ0n) is 12.9. The first-order chi connectivity index (χ1) is 10.1. The second kappa shape index (κ2) is 6.93. The fraction of sp³-hybridized carbons (Fsp3) is 0.278. The molecule has 0 aliphatic rings. The maximum atomic E-state index is 12.0. The van der Waals surface area contributed by atoms with Crippen LogP contribution in [0.4, 0.5) is 11.4 Å². The van der Waals surface area contributed by atoms with Crippen molar-refractivity contribution in [2.75, 3.05) is 17.2 Å². The number of benzene rings is 2. The quantitative estimate of drug-likeness (QED) is 0.868. The van der Waals surface area contributed by atoms with E-state index < -0.39 is 0 Å². The van der Waals surface area contributed by atoms with Gasteiger partial charge in [0, 0.05) is 24.3 Å². The third kappa shape index (κ3) is 4.35. The average Bonchev–Trinajstić information content (AvgIpc) is 2.44. The summed E-state index contributed by atoms with van der Waals surface area (Å²) in [5.41, 5.74) is 5.45. The monoisotopic (exact) mass is 282 g/mol. The van der Waals surface area contributed by atoms with Crippen LogP contribution >= 0.6 is 0 Å². The zero-order chi connectivity index (χ0) is 15.2. The molecular formula is C18H22N2O. The predicted molar refractivity (Wildman–Crippen MR) is 88.8 cm³/mol. The third-order valence-electron chi connectivity index (χ3n) is 3.47. The Morgan fingerprint density at radius 2 is 1.71 bits per heavy atom. The van der Waals surface area contributed by atoms with Crippen molar-refractivity contribution in [1.29, 1.82) is 0 Å². The largest absolute Gasteiger partial charge is 0.384 e. The second-order valence-electron chi connectivity index (χ2n) is 5.36. The van der Waals surface area contributed by atoms with Crippen molar-refractivity contribution < 1.29 is 4.79 Å². The summed E-state index contributed by atoms with van der Waals surface area (Å²) in [5, 5.41) is 6.25. The summed E-state index contributed by atoms with van der Waals surface area (Å²) < 4.78 is 0. The summed E-state index contributed by atoms with van der Waals surface area (Å²) in [6.45, 7) is 6.73. The molecule has 0 heterocycles. The third-order valence-corrected chi connectivity index (χ3v) is 3.47. The summed E-state index contributed by atoms with van der Waals surface area (Å²) in [4.78, 5) is 12.0. The first-order valence-electron chi connectivity index (χ1n) is 7.23. The molecule has 0 aliphatic heterocycles. The average molecular weight is 282 g/mol. The molecule has 3 nitrogen and oxygen atoms in total. The normalized spacial score (nSPS) is 10.2. The molecule has 110 valence electrons. The molecule has 0 aliphatic carbocycles. The molecule has 0 saturated heterocycles. The van der Waals surface area contributed by atoms with Gasteiger partial charge in [-0.3, -0.25) is 4.79 Å². The van der Waals surface area contributed by atoms with Gasteiger partial charge in [-0.1, -0.05) is 35.9 Å². The Morgan fingerprint density at radius 3 is 2.43 bits per heavy atom. The van der Waals surface area contributed by atoms with E-state index in [2.05, 4.69) is 29.7 Å². The van der Waals surface area contributed by atoms with Gasteiger partial charge < -0.3 is 10.6 Å². The van der Waals surface area contributed by atoms with E-state index in [1.54, 1.807) is 0 Å². The fourth-order valence-corrected chi connectivity index (χ4v) is 2.25. The molecule has 1 amide bonds. The molecule has 0 unspecified atom stereocenters. The lowest BCUT2D eigenvalue weighted by Gasteiger charge is -2.11. The minimum atomic E-state index is 0.0306. The minimum Gasteiger partial charge on any atom is -0.384 e. The molecule has 0 atom stereocenters. The summed E-state index contributed by atoms with van der Waals surface area (Å²) in [6, 6.07) is 14.1. The van der Waals surface area contributed by atoms with E-state index >= 15 is 0 Å². The number of carbonyl (C=O) groups excluding carboxylic acids is 1. The van der Waals surface area contributed by atoms with E-state index in [1.165, 1.54) is 11.1 Å². The van der Waals surface area contributed by atoms with Crippen molar-refractivity contribution >= 4 is 17.3 Å². The highest BCUT2D eigenvalue weighted by Gasteiger charge is 2.05. The molecule has 2 aromatic carbocycles. The van der Waals surface area contributed by atoms with Crippen molar-refractivity contribution in [3.63, 3.8) is 0 Å². The van der Waals surface area contributed by atoms with Gasteiger partial charge >= 0.3 is 0 Å². The van der Waals surface area contributed by atoms with Crippen LogP contribution < -0.4 is 10.6 Å². The van der Waals surface area contributed by atoms with Crippen molar-refractivity contribution in [1.82, 2.24) is 0 Å². The smallest absolute Gasteiger partial charge is 0.226 e. The molecule has 0 spiro atoms. The molecular weight excluding hydrogens is 260 g/mol. The van der Waals surface area contributed by atoms with Crippen LogP contribution in [0.5, 0.6) is 0 Å². The summed E-state index contributed by atoms with van der Waals surface area (Å²) >= 11 is 0. The van der Waals surface area contributed by atoms with Crippen molar-refractivity contribution in [2.24, 2.45) is 0 Å². The molecule has 0 fully saturated rings. The predicted octanol–water partition coefficient (Wildman–Crippen LogP) is 4.05. The Morgan fingerprint density at radius 1 is 0.952 bits per heavy atom. The van der Waals surface area contributed by atoms with Gasteiger partial charge in [-0.2, -0.15) is 0 Å². The maximum Gasteiger partial charge on any atom is 0.226 e. The fourth-order valence-electron chi connectivity index (χ4n) is 2.25. The van der Waals surface area contributed by atoms with Gasteiger partial charge in [-0.15, -0.1) is 0 Å². The first-order valence-corrected chi connectivity index (χ1v) is 7.23. The molecule has 21 heavy (non-hydrogen) atoms. The maximum absolute atomic E-state index is 12.0. The van der Waals surface area contributed by atoms with Crippen LogP contribution in [0.1, 0.15) is 23.1 Å². The summed E-state index contributed by atoms with van der Waals surface area (Å²) in [7, 11) is 0. The number of aryl methyl sites for hydroxylation is 3. The molecule has 0 aromatic heterocycles. The zero-order valence-corrected chi connectivity index (χ0v) is 12.9. The van der Waals surface area contributed by atoms with E-state index in [1.807, 2.05) is 44.2 Å². The Hall–Kier alpha value is -2.29. The first kappa shape index (κ1) is 15.1. The van der Waals surface area contributed by atoms with Gasteiger partial charge in [0.05, 0.1) is 0 Å². The van der Waals surface area contributed by atoms with E-state index in [0.717, 1.165) is 16.9 Å². The minimum absolute atomic E-state index is 0.0306. The van der Waals surface area contributed by atoms with Crippen molar-refractivity contribution in [3.8, 4) is 0 Å². The van der Waals surface area contributed by atoms with E-state index in [0.29, 0.717) is 13.0 Å². The molecule has 0 saturated carbocycles. The molecule has 2 aromatic rings. The van der Waals surface area contributed by atoms with E-state index in [9.17, 15) is 4.79 Å². The van der Waals surface area contributed by atoms with Gasteiger partial charge in [0.25, 0.3) is 0 Å². The second-order valence-corrected chi connectivity index (χ2v) is 5.36. The van der Waals surface area contributed by atoms with Crippen molar-refractivity contribution in [2.45, 2.75) is 27.2 Å². The number of rotatable bonds is 5. The highest BCUT2D eigenvalue weighted by Crippen LogP contribution is 2.16. The lowest BCUT2D eigenvalue weighted by atomic mass is 10.1. The van der Waals surface area contributed by atoms with Gasteiger partial charge in [0.2, 0.25) is 5.91 Å². The SMILES string of the molecule is Cc1ccc(NC(=O)CCNc2ccccc2C)c(C)c1. The number of para-hydroxylation sites is 1. The number of anilines is 2. The lowest BCUT2D eigenvalue weighted by Crippen LogP contribution is -2.17. The van der Waals surface area contributed by atoms with Gasteiger partial charge in [-0.25, -0.2) is 0 Å². The van der Waals surface area contributed by atoms with Crippen LogP contribution in [0, 0.1) is 20.8 Å². The van der Waals surface area contributed by atoms with E-state index in [4.69, 9.17) is 0 Å². The number of hydrogen-bond donors (Lipinski definition) is 2. The molecule has 2 N–H and O–H groups in total. The Kier molecular flexibility index (Phi) is 4.99. The number of carbonyl (C=O) groups is 1. The lowest BCUT2D eigenvalue weighted by molar-refractivity contribution is -0.115. The Labute approximate surface area is 126 Å². The Balaban J connectivity index is 1.84. The molecule has 0 bridgehead atoms. The van der Waals surface area contributed by atoms with Crippen LogP contribution in [-0.2, 0) is 4.79 Å². The van der Waals surface area contributed by atoms with Gasteiger partial charge in [0.1, 0.15) is 0 Å². The van der Waals surface area contributed by atoms with Crippen LogP contribution in [0.2, 0.25) is 0 Å². The molecule has 0 radical (unpaired) electrons. The number of nitrogens with one attached hydrogen (secondary N) is 2. The summed E-state index contributed by atoms with van der Waals surface area (Å²) in [6.07, 6.45) is 0.446. The molecule has 2 rings (SSSR count).